The van der Waals surface area contributed by atoms with Crippen molar-refractivity contribution in [2.45, 2.75) is 0 Å². The highest BCUT2D eigenvalue weighted by molar-refractivity contribution is 7.00. The van der Waals surface area contributed by atoms with Crippen LogP contribution >= 0.6 is 11.7 Å². The molecule has 29 heavy (non-hydrogen) atoms. The van der Waals surface area contributed by atoms with E-state index in [0.717, 1.165) is 28.6 Å². The average molecular weight is 402 g/mol. The standard InChI is InChI=1S/C21H14N4O3S/c1-27-15-6-2-12(3-7-15)21-23-18-11-14(5-9-19(18)28-21)22-20(26)13-4-8-16-17(10-13)25-29-24-16/h2-11H,1H3,(H,22,26). The molecule has 0 spiro atoms. The summed E-state index contributed by atoms with van der Waals surface area (Å²) in [5.41, 5.74) is 4.78. The highest BCUT2D eigenvalue weighted by Crippen LogP contribution is 2.27. The van der Waals surface area contributed by atoms with E-state index >= 15 is 0 Å². The number of nitrogens with one attached hydrogen (secondary N) is 1. The van der Waals surface area contributed by atoms with Gasteiger partial charge in [0.25, 0.3) is 5.91 Å². The number of hydrogen-bond acceptors (Lipinski definition) is 7. The number of methoxy groups -OCH3 is 1. The quantitative estimate of drug-likeness (QED) is 0.466. The second-order valence-electron chi connectivity index (χ2n) is 6.35. The van der Waals surface area contributed by atoms with Crippen LogP contribution in [0.4, 0.5) is 5.69 Å². The van der Waals surface area contributed by atoms with Gasteiger partial charge in [0.1, 0.15) is 22.3 Å². The van der Waals surface area contributed by atoms with E-state index in [0.29, 0.717) is 33.8 Å². The summed E-state index contributed by atoms with van der Waals surface area (Å²) >= 11 is 1.12. The van der Waals surface area contributed by atoms with Crippen molar-refractivity contribution in [1.82, 2.24) is 13.7 Å². The van der Waals surface area contributed by atoms with Crippen LogP contribution in [-0.2, 0) is 0 Å². The van der Waals surface area contributed by atoms with Gasteiger partial charge in [0.15, 0.2) is 5.58 Å². The van der Waals surface area contributed by atoms with Crippen molar-refractivity contribution < 1.29 is 13.9 Å². The summed E-state index contributed by atoms with van der Waals surface area (Å²) in [4.78, 5) is 17.1. The van der Waals surface area contributed by atoms with E-state index in [1.807, 2.05) is 24.3 Å². The number of rotatable bonds is 4. The lowest BCUT2D eigenvalue weighted by atomic mass is 10.2. The predicted octanol–water partition coefficient (Wildman–Crippen LogP) is 4.76. The monoisotopic (exact) mass is 402 g/mol. The lowest BCUT2D eigenvalue weighted by molar-refractivity contribution is 0.102. The summed E-state index contributed by atoms with van der Waals surface area (Å²) in [7, 11) is 1.62. The fraction of sp³-hybridized carbons (Fsp3) is 0.0476. The van der Waals surface area contributed by atoms with Gasteiger partial charge in [-0.05, 0) is 60.7 Å². The van der Waals surface area contributed by atoms with Gasteiger partial charge in [0.05, 0.1) is 18.8 Å². The maximum Gasteiger partial charge on any atom is 0.255 e. The van der Waals surface area contributed by atoms with Crippen molar-refractivity contribution >= 4 is 45.5 Å². The van der Waals surface area contributed by atoms with Gasteiger partial charge in [0.2, 0.25) is 5.89 Å². The molecule has 0 saturated heterocycles. The zero-order valence-corrected chi connectivity index (χ0v) is 16.1. The lowest BCUT2D eigenvalue weighted by Gasteiger charge is -2.04. The number of nitrogens with zero attached hydrogens (tertiary/aromatic N) is 3. The van der Waals surface area contributed by atoms with E-state index < -0.39 is 0 Å². The predicted molar refractivity (Wildman–Crippen MR) is 111 cm³/mol. The van der Waals surface area contributed by atoms with Gasteiger partial charge >= 0.3 is 0 Å². The average Bonchev–Trinajstić information content (AvgIpc) is 3.39. The number of oxazole rings is 1. The topological polar surface area (TPSA) is 90.1 Å². The third-order valence-corrected chi connectivity index (χ3v) is 5.06. The Balaban J connectivity index is 1.40. The van der Waals surface area contributed by atoms with Crippen LogP contribution in [0.25, 0.3) is 33.6 Å². The molecule has 8 heteroatoms. The molecule has 2 heterocycles. The van der Waals surface area contributed by atoms with Crippen molar-refractivity contribution in [2.75, 3.05) is 12.4 Å². The Morgan fingerprint density at radius 3 is 2.62 bits per heavy atom. The molecular formula is C21H14N4O3S. The molecule has 0 radical (unpaired) electrons. The number of fused-ring (bicyclic) bond motifs is 2. The molecule has 0 aliphatic carbocycles. The molecule has 0 bridgehead atoms. The molecule has 2 aromatic heterocycles. The number of anilines is 1. The van der Waals surface area contributed by atoms with E-state index in [-0.39, 0.29) is 5.91 Å². The van der Waals surface area contributed by atoms with Crippen LogP contribution < -0.4 is 10.1 Å². The van der Waals surface area contributed by atoms with Crippen LogP contribution in [0, 0.1) is 0 Å². The second-order valence-corrected chi connectivity index (χ2v) is 6.88. The summed E-state index contributed by atoms with van der Waals surface area (Å²) in [5.74, 6) is 1.05. The lowest BCUT2D eigenvalue weighted by Crippen LogP contribution is -2.11. The first-order chi connectivity index (χ1) is 14.2. The summed E-state index contributed by atoms with van der Waals surface area (Å²) in [6.45, 7) is 0. The Morgan fingerprint density at radius 2 is 1.79 bits per heavy atom. The van der Waals surface area contributed by atoms with Crippen molar-refractivity contribution in [1.29, 1.82) is 0 Å². The third-order valence-electron chi connectivity index (χ3n) is 4.50. The molecule has 0 saturated carbocycles. The maximum absolute atomic E-state index is 12.6. The fourth-order valence-corrected chi connectivity index (χ4v) is 3.51. The Hall–Kier alpha value is -3.78. The largest absolute Gasteiger partial charge is 0.497 e. The Labute approximate surface area is 169 Å². The van der Waals surface area contributed by atoms with Crippen LogP contribution in [0.15, 0.2) is 65.1 Å². The van der Waals surface area contributed by atoms with E-state index in [2.05, 4.69) is 19.0 Å². The van der Waals surface area contributed by atoms with Gasteiger partial charge in [-0.2, -0.15) is 8.75 Å². The molecule has 1 N–H and O–H groups in total. The molecule has 0 aliphatic rings. The second kappa shape index (κ2) is 6.99. The number of benzene rings is 3. The number of amides is 1. The van der Waals surface area contributed by atoms with Crippen LogP contribution in [0.1, 0.15) is 10.4 Å². The van der Waals surface area contributed by atoms with Gasteiger partial charge in [-0.1, -0.05) is 0 Å². The molecule has 0 atom stereocenters. The highest BCUT2D eigenvalue weighted by Gasteiger charge is 2.12. The zero-order chi connectivity index (χ0) is 19.8. The molecule has 5 aromatic rings. The molecular weight excluding hydrogens is 388 g/mol. The highest BCUT2D eigenvalue weighted by atomic mass is 32.1. The summed E-state index contributed by atoms with van der Waals surface area (Å²) in [6, 6.07) is 18.1. The number of ether oxygens (including phenoxy) is 1. The Morgan fingerprint density at radius 1 is 0.966 bits per heavy atom. The maximum atomic E-state index is 12.6. The smallest absolute Gasteiger partial charge is 0.255 e. The first-order valence-corrected chi connectivity index (χ1v) is 9.51. The fourth-order valence-electron chi connectivity index (χ4n) is 2.99. The first-order valence-electron chi connectivity index (χ1n) is 8.78. The number of carbonyl (C=O) groups excluding carboxylic acids is 1. The summed E-state index contributed by atoms with van der Waals surface area (Å²) < 4.78 is 19.3. The van der Waals surface area contributed by atoms with Crippen LogP contribution in [-0.4, -0.2) is 26.7 Å². The minimum absolute atomic E-state index is 0.224. The third kappa shape index (κ3) is 3.30. The minimum Gasteiger partial charge on any atom is -0.497 e. The molecule has 5 rings (SSSR count). The van der Waals surface area contributed by atoms with Gasteiger partial charge in [0, 0.05) is 16.8 Å². The van der Waals surface area contributed by atoms with Gasteiger partial charge in [-0.25, -0.2) is 4.98 Å². The molecule has 142 valence electrons. The van der Waals surface area contributed by atoms with E-state index in [4.69, 9.17) is 9.15 Å². The zero-order valence-electron chi connectivity index (χ0n) is 15.2. The van der Waals surface area contributed by atoms with Crippen molar-refractivity contribution in [2.24, 2.45) is 0 Å². The molecule has 0 unspecified atom stereocenters. The number of hydrogen-bond donors (Lipinski definition) is 1. The Bertz CT molecular complexity index is 1340. The minimum atomic E-state index is -0.224. The first kappa shape index (κ1) is 17.3. The Kier molecular flexibility index (Phi) is 4.18. The van der Waals surface area contributed by atoms with E-state index in [9.17, 15) is 4.79 Å². The molecule has 7 nitrogen and oxygen atoms in total. The molecule has 0 aliphatic heterocycles. The molecule has 3 aromatic carbocycles. The molecule has 1 amide bonds. The van der Waals surface area contributed by atoms with E-state index in [1.54, 1.807) is 43.5 Å². The number of aromatic nitrogens is 3. The SMILES string of the molecule is COc1ccc(-c2nc3cc(NC(=O)c4ccc5nsnc5c4)ccc3o2)cc1. The van der Waals surface area contributed by atoms with Gasteiger partial charge < -0.3 is 14.5 Å². The number of carbonyl (C=O) groups is 1. The molecule has 0 fully saturated rings. The van der Waals surface area contributed by atoms with Crippen molar-refractivity contribution in [3.05, 3.63) is 66.2 Å². The van der Waals surface area contributed by atoms with Crippen LogP contribution in [0.2, 0.25) is 0 Å². The van der Waals surface area contributed by atoms with Gasteiger partial charge in [-0.3, -0.25) is 4.79 Å². The van der Waals surface area contributed by atoms with Crippen LogP contribution in [0.3, 0.4) is 0 Å². The van der Waals surface area contributed by atoms with Crippen molar-refractivity contribution in [3.63, 3.8) is 0 Å². The van der Waals surface area contributed by atoms with E-state index in [1.165, 1.54) is 0 Å². The van der Waals surface area contributed by atoms with Gasteiger partial charge in [-0.15, -0.1) is 0 Å². The van der Waals surface area contributed by atoms with Crippen molar-refractivity contribution in [3.8, 4) is 17.2 Å². The summed E-state index contributed by atoms with van der Waals surface area (Å²) in [5, 5.41) is 2.89. The summed E-state index contributed by atoms with van der Waals surface area (Å²) in [6.07, 6.45) is 0. The van der Waals surface area contributed by atoms with Crippen LogP contribution in [0.5, 0.6) is 5.75 Å². The normalized spacial score (nSPS) is 11.1.